The number of carbonyl (C=O) groups excluding carboxylic acids is 3. The Labute approximate surface area is 262 Å². The molecule has 2 aromatic rings. The van der Waals surface area contributed by atoms with E-state index in [4.69, 9.17) is 23.7 Å². The van der Waals surface area contributed by atoms with E-state index >= 15 is 0 Å². The lowest BCUT2D eigenvalue weighted by Crippen LogP contribution is -2.29. The first kappa shape index (κ1) is 36.3. The molecule has 2 aromatic carbocycles. The van der Waals surface area contributed by atoms with Gasteiger partial charge in [-0.25, -0.2) is 9.59 Å². The van der Waals surface area contributed by atoms with Gasteiger partial charge < -0.3 is 23.7 Å². The molecule has 0 aliphatic heterocycles. The van der Waals surface area contributed by atoms with Crippen molar-refractivity contribution in [1.82, 2.24) is 0 Å². The van der Waals surface area contributed by atoms with Crippen molar-refractivity contribution in [1.29, 1.82) is 0 Å². The third-order valence-corrected chi connectivity index (χ3v) is 7.43. The number of benzene rings is 2. The molecular formula is C36H48O8. The first-order valence-corrected chi connectivity index (χ1v) is 15.4. The van der Waals surface area contributed by atoms with Crippen LogP contribution in [0.4, 0.5) is 0 Å². The fraction of sp³-hybridized carbons (Fsp3) is 0.472. The lowest BCUT2D eigenvalue weighted by molar-refractivity contribution is -0.156. The number of unbranched alkanes of at least 4 members (excludes halogenated alkanes) is 1. The van der Waals surface area contributed by atoms with E-state index in [2.05, 4.69) is 44.3 Å². The maximum Gasteiger partial charge on any atom is 0.330 e. The van der Waals surface area contributed by atoms with E-state index in [0.717, 1.165) is 48.9 Å². The molecule has 1 atom stereocenters. The van der Waals surface area contributed by atoms with Crippen LogP contribution >= 0.6 is 0 Å². The van der Waals surface area contributed by atoms with Gasteiger partial charge in [-0.15, -0.1) is 0 Å². The first-order valence-electron chi connectivity index (χ1n) is 15.4. The van der Waals surface area contributed by atoms with Crippen LogP contribution in [0, 0.1) is 5.92 Å². The molecule has 3 rings (SSSR count). The topological polar surface area (TPSA) is 97.4 Å². The normalized spacial score (nSPS) is 16.3. The van der Waals surface area contributed by atoms with Crippen molar-refractivity contribution < 1.29 is 38.1 Å². The molecule has 0 radical (unpaired) electrons. The van der Waals surface area contributed by atoms with Crippen molar-refractivity contribution in [2.24, 2.45) is 5.92 Å². The number of hydrogen-bond donors (Lipinski definition) is 0. The molecule has 0 saturated heterocycles. The summed E-state index contributed by atoms with van der Waals surface area (Å²) in [5, 5.41) is 0. The average molecular weight is 609 g/mol. The Bertz CT molecular complexity index is 1120. The van der Waals surface area contributed by atoms with Crippen LogP contribution in [0.1, 0.15) is 80.1 Å². The SMILES string of the molecule is C=CC(=O)OCC(COCCCCOc1ccc(C=O)cc1)OC(=O)C=C.CCCC1CCC(c2ccc(OC)cc2)CC1. The van der Waals surface area contributed by atoms with Gasteiger partial charge in [-0.1, -0.05) is 45.1 Å². The van der Waals surface area contributed by atoms with Gasteiger partial charge in [-0.2, -0.15) is 0 Å². The molecule has 1 saturated carbocycles. The van der Waals surface area contributed by atoms with Crippen LogP contribution in [-0.4, -0.2) is 57.9 Å². The van der Waals surface area contributed by atoms with Crippen molar-refractivity contribution >= 4 is 18.2 Å². The smallest absolute Gasteiger partial charge is 0.330 e. The Morgan fingerprint density at radius 1 is 0.864 bits per heavy atom. The van der Waals surface area contributed by atoms with Crippen LogP contribution in [0.15, 0.2) is 73.8 Å². The summed E-state index contributed by atoms with van der Waals surface area (Å²) in [4.78, 5) is 33.0. The number of ether oxygens (including phenoxy) is 5. The van der Waals surface area contributed by atoms with Crippen LogP contribution in [-0.2, 0) is 23.8 Å². The second-order valence-corrected chi connectivity index (χ2v) is 10.7. The van der Waals surface area contributed by atoms with Gasteiger partial charge >= 0.3 is 11.9 Å². The molecule has 8 heteroatoms. The quantitative estimate of drug-likeness (QED) is 0.0754. The van der Waals surface area contributed by atoms with Gasteiger partial charge in [0, 0.05) is 24.3 Å². The minimum Gasteiger partial charge on any atom is -0.497 e. The molecule has 0 bridgehead atoms. The summed E-state index contributed by atoms with van der Waals surface area (Å²) in [6.45, 7) is 9.83. The van der Waals surface area contributed by atoms with Crippen molar-refractivity contribution in [2.75, 3.05) is 33.5 Å². The molecule has 0 amide bonds. The summed E-state index contributed by atoms with van der Waals surface area (Å²) in [6, 6.07) is 15.5. The number of hydrogen-bond acceptors (Lipinski definition) is 8. The van der Waals surface area contributed by atoms with E-state index in [9.17, 15) is 14.4 Å². The molecule has 1 unspecified atom stereocenters. The second kappa shape index (κ2) is 21.7. The molecule has 240 valence electrons. The summed E-state index contributed by atoms with van der Waals surface area (Å²) in [5.41, 5.74) is 2.10. The van der Waals surface area contributed by atoms with Gasteiger partial charge in [0.2, 0.25) is 0 Å². The van der Waals surface area contributed by atoms with E-state index in [1.165, 1.54) is 44.1 Å². The van der Waals surface area contributed by atoms with Crippen LogP contribution in [0.5, 0.6) is 11.5 Å². The monoisotopic (exact) mass is 608 g/mol. The number of carbonyl (C=O) groups is 3. The Hall–Kier alpha value is -3.91. The van der Waals surface area contributed by atoms with Gasteiger partial charge in [0.1, 0.15) is 24.4 Å². The lowest BCUT2D eigenvalue weighted by atomic mass is 9.77. The highest BCUT2D eigenvalue weighted by molar-refractivity contribution is 5.82. The fourth-order valence-electron chi connectivity index (χ4n) is 4.98. The molecule has 0 aromatic heterocycles. The second-order valence-electron chi connectivity index (χ2n) is 10.7. The first-order chi connectivity index (χ1) is 21.4. The Morgan fingerprint density at radius 2 is 1.50 bits per heavy atom. The highest BCUT2D eigenvalue weighted by atomic mass is 16.6. The maximum absolute atomic E-state index is 11.3. The standard InChI is InChI=1S/C20H24O7.C16H24O/c1-3-19(22)26-15-18(27-20(23)4-2)14-24-11-5-6-12-25-17-9-7-16(13-21)8-10-17;1-3-4-13-5-7-14(8-6-13)15-9-11-16(17-2)12-10-15/h3-4,7-10,13,18H,1-2,5-6,11-12,14-15H2;9-14H,3-8H2,1-2H3. The van der Waals surface area contributed by atoms with Gasteiger partial charge in [0.05, 0.1) is 20.3 Å². The zero-order valence-corrected chi connectivity index (χ0v) is 26.2. The summed E-state index contributed by atoms with van der Waals surface area (Å²) in [7, 11) is 1.73. The molecule has 8 nitrogen and oxygen atoms in total. The third-order valence-electron chi connectivity index (χ3n) is 7.43. The van der Waals surface area contributed by atoms with Crippen LogP contribution in [0.2, 0.25) is 0 Å². The van der Waals surface area contributed by atoms with Crippen LogP contribution in [0.25, 0.3) is 0 Å². The zero-order valence-electron chi connectivity index (χ0n) is 26.2. The molecule has 0 spiro atoms. The average Bonchev–Trinajstić information content (AvgIpc) is 3.07. The summed E-state index contributed by atoms with van der Waals surface area (Å²) in [6.07, 6.45) is 12.0. The molecule has 44 heavy (non-hydrogen) atoms. The molecule has 1 aliphatic rings. The predicted octanol–water partition coefficient (Wildman–Crippen LogP) is 7.27. The number of rotatable bonds is 18. The van der Waals surface area contributed by atoms with Crippen molar-refractivity contribution in [3.63, 3.8) is 0 Å². The summed E-state index contributed by atoms with van der Waals surface area (Å²) >= 11 is 0. The number of methoxy groups -OCH3 is 1. The number of esters is 2. The molecule has 0 heterocycles. The largest absolute Gasteiger partial charge is 0.497 e. The Balaban J connectivity index is 0.000000338. The molecule has 0 N–H and O–H groups in total. The summed E-state index contributed by atoms with van der Waals surface area (Å²) < 4.78 is 26.2. The highest BCUT2D eigenvalue weighted by Gasteiger charge is 2.21. The van der Waals surface area contributed by atoms with E-state index < -0.39 is 18.0 Å². The van der Waals surface area contributed by atoms with E-state index in [-0.39, 0.29) is 13.2 Å². The summed E-state index contributed by atoms with van der Waals surface area (Å²) in [5.74, 6) is 2.22. The lowest BCUT2D eigenvalue weighted by Gasteiger charge is -2.28. The third kappa shape index (κ3) is 14.5. The van der Waals surface area contributed by atoms with Crippen molar-refractivity contribution in [3.05, 3.63) is 85.0 Å². The van der Waals surface area contributed by atoms with Crippen LogP contribution in [0.3, 0.4) is 0 Å². The maximum atomic E-state index is 11.3. The van der Waals surface area contributed by atoms with Crippen molar-refractivity contribution in [2.45, 2.75) is 70.3 Å². The minimum atomic E-state index is -0.716. The van der Waals surface area contributed by atoms with E-state index in [1.807, 2.05) is 0 Å². The van der Waals surface area contributed by atoms with Gasteiger partial charge in [-0.05, 0) is 92.3 Å². The molecular weight excluding hydrogens is 560 g/mol. The van der Waals surface area contributed by atoms with Gasteiger partial charge in [0.25, 0.3) is 0 Å². The number of aldehydes is 1. The van der Waals surface area contributed by atoms with Gasteiger partial charge in [-0.3, -0.25) is 4.79 Å². The molecule has 1 aliphatic carbocycles. The van der Waals surface area contributed by atoms with E-state index in [1.54, 1.807) is 31.4 Å². The molecule has 1 fully saturated rings. The zero-order chi connectivity index (χ0) is 32.0. The van der Waals surface area contributed by atoms with E-state index in [0.29, 0.717) is 24.5 Å². The van der Waals surface area contributed by atoms with Gasteiger partial charge in [0.15, 0.2) is 6.10 Å². The Kier molecular flexibility index (Phi) is 17.9. The van der Waals surface area contributed by atoms with Crippen molar-refractivity contribution in [3.8, 4) is 11.5 Å². The minimum absolute atomic E-state index is 0.0953. The Morgan fingerprint density at radius 3 is 2.09 bits per heavy atom. The fourth-order valence-corrected chi connectivity index (χ4v) is 4.98. The predicted molar refractivity (Wildman–Crippen MR) is 171 cm³/mol. The van der Waals surface area contributed by atoms with Crippen LogP contribution < -0.4 is 9.47 Å². The highest BCUT2D eigenvalue weighted by Crippen LogP contribution is 2.37.